The molecule has 2 aromatic carbocycles. The molecule has 3 rings (SSSR count). The first-order valence-corrected chi connectivity index (χ1v) is 10.6. The molecule has 0 aliphatic carbocycles. The van der Waals surface area contributed by atoms with E-state index >= 15 is 0 Å². The van der Waals surface area contributed by atoms with Crippen molar-refractivity contribution in [3.63, 3.8) is 0 Å². The average Bonchev–Trinajstić information content (AvgIpc) is 2.96. The van der Waals surface area contributed by atoms with Gasteiger partial charge in [-0.3, -0.25) is 4.79 Å². The average molecular weight is 433 g/mol. The molecule has 0 unspecified atom stereocenters. The molecule has 3 aromatic rings. The molecule has 0 spiro atoms. The Bertz CT molecular complexity index is 1120. The van der Waals surface area contributed by atoms with Gasteiger partial charge in [-0.1, -0.05) is 41.9 Å². The van der Waals surface area contributed by atoms with Crippen LogP contribution in [0.2, 0.25) is 5.15 Å². The number of halogens is 1. The summed E-state index contributed by atoms with van der Waals surface area (Å²) in [6.45, 7) is 2.17. The first-order chi connectivity index (χ1) is 13.7. The van der Waals surface area contributed by atoms with Crippen molar-refractivity contribution in [1.82, 2.24) is 14.1 Å². The van der Waals surface area contributed by atoms with Gasteiger partial charge in [-0.15, -0.1) is 0 Å². The number of hydrogen-bond donors (Lipinski definition) is 1. The van der Waals surface area contributed by atoms with E-state index in [9.17, 15) is 13.2 Å². The fraction of sp³-hybridized carbons (Fsp3) is 0.200. The summed E-state index contributed by atoms with van der Waals surface area (Å²) in [5.74, 6) is -0.407. The molecule has 0 bridgehead atoms. The number of amides is 1. The summed E-state index contributed by atoms with van der Waals surface area (Å²) in [7, 11) is -0.606. The van der Waals surface area contributed by atoms with Crippen LogP contribution in [0.3, 0.4) is 0 Å². The van der Waals surface area contributed by atoms with Crippen molar-refractivity contribution < 1.29 is 13.2 Å². The van der Waals surface area contributed by atoms with Crippen molar-refractivity contribution >= 4 is 33.2 Å². The third-order valence-electron chi connectivity index (χ3n) is 4.36. The molecule has 0 aliphatic heterocycles. The molecule has 1 N–H and O–H groups in total. The molecule has 29 heavy (non-hydrogen) atoms. The maximum Gasteiger partial charge on any atom is 0.260 e. The maximum absolute atomic E-state index is 12.7. The van der Waals surface area contributed by atoms with Crippen LogP contribution in [0, 0.1) is 6.92 Å². The predicted molar refractivity (Wildman–Crippen MR) is 113 cm³/mol. The molecule has 7 nitrogen and oxygen atoms in total. The lowest BCUT2D eigenvalue weighted by atomic mass is 10.2. The van der Waals surface area contributed by atoms with E-state index in [1.807, 2.05) is 30.3 Å². The second-order valence-electron chi connectivity index (χ2n) is 6.66. The number of benzene rings is 2. The van der Waals surface area contributed by atoms with Crippen LogP contribution in [0.4, 0.5) is 5.69 Å². The fourth-order valence-corrected chi connectivity index (χ4v) is 4.01. The zero-order valence-electron chi connectivity index (χ0n) is 16.3. The fourth-order valence-electron chi connectivity index (χ4n) is 2.79. The summed E-state index contributed by atoms with van der Waals surface area (Å²) in [5.41, 5.74) is 2.27. The highest BCUT2D eigenvalue weighted by atomic mass is 35.5. The highest BCUT2D eigenvalue weighted by Crippen LogP contribution is 2.23. The number of hydrogen-bond acceptors (Lipinski definition) is 4. The minimum absolute atomic E-state index is 0.144. The van der Waals surface area contributed by atoms with E-state index in [1.165, 1.54) is 38.4 Å². The van der Waals surface area contributed by atoms with Crippen molar-refractivity contribution in [2.45, 2.75) is 18.4 Å². The quantitative estimate of drug-likeness (QED) is 0.647. The minimum Gasteiger partial charge on any atom is -0.322 e. The van der Waals surface area contributed by atoms with E-state index in [-0.39, 0.29) is 15.6 Å². The molecule has 0 saturated heterocycles. The lowest BCUT2D eigenvalue weighted by molar-refractivity contribution is 0.102. The molecule has 0 fully saturated rings. The van der Waals surface area contributed by atoms with Crippen molar-refractivity contribution in [3.8, 4) is 0 Å². The Balaban J connectivity index is 1.79. The van der Waals surface area contributed by atoms with Gasteiger partial charge < -0.3 is 5.32 Å². The Labute approximate surface area is 175 Å². The van der Waals surface area contributed by atoms with Crippen LogP contribution < -0.4 is 5.32 Å². The first kappa shape index (κ1) is 21.0. The summed E-state index contributed by atoms with van der Waals surface area (Å²) in [6, 6.07) is 15.6. The predicted octanol–water partition coefficient (Wildman–Crippen LogP) is 3.40. The summed E-state index contributed by atoms with van der Waals surface area (Å²) >= 11 is 6.42. The van der Waals surface area contributed by atoms with Gasteiger partial charge in [0, 0.05) is 19.8 Å². The number of nitrogens with zero attached hydrogens (tertiary/aromatic N) is 3. The Morgan fingerprint density at radius 2 is 1.72 bits per heavy atom. The number of aryl methyl sites for hydroxylation is 1. The number of carbonyl (C=O) groups excluding carboxylic acids is 1. The molecule has 0 saturated carbocycles. The topological polar surface area (TPSA) is 84.3 Å². The van der Waals surface area contributed by atoms with Crippen LogP contribution in [0.25, 0.3) is 0 Å². The summed E-state index contributed by atoms with van der Waals surface area (Å²) in [6.07, 6.45) is 0. The molecule has 1 amide bonds. The van der Waals surface area contributed by atoms with E-state index in [0.29, 0.717) is 17.9 Å². The van der Waals surface area contributed by atoms with E-state index in [2.05, 4.69) is 10.4 Å². The zero-order chi connectivity index (χ0) is 21.2. The monoisotopic (exact) mass is 432 g/mol. The second kappa shape index (κ2) is 8.36. The van der Waals surface area contributed by atoms with Crippen LogP contribution in [0.1, 0.15) is 21.6 Å². The van der Waals surface area contributed by atoms with Crippen molar-refractivity contribution in [2.75, 3.05) is 19.4 Å². The first-order valence-electron chi connectivity index (χ1n) is 8.81. The van der Waals surface area contributed by atoms with Crippen molar-refractivity contribution in [2.24, 2.45) is 0 Å². The van der Waals surface area contributed by atoms with Crippen molar-refractivity contribution in [3.05, 3.63) is 76.6 Å². The standard InChI is InChI=1S/C20H21ClN4O3S/c1-14-18(19(21)25(23-14)13-15-7-5-4-6-8-15)20(26)22-16-9-11-17(12-10-16)29(27,28)24(2)3/h4-12H,13H2,1-3H3,(H,22,26). The van der Waals surface area contributed by atoms with Gasteiger partial charge in [0.1, 0.15) is 5.15 Å². The number of nitrogens with one attached hydrogen (secondary N) is 1. The molecule has 152 valence electrons. The SMILES string of the molecule is Cc1nn(Cc2ccccc2)c(Cl)c1C(=O)Nc1ccc(S(=O)(=O)N(C)C)cc1. The van der Waals surface area contributed by atoms with Crippen LogP contribution in [0.5, 0.6) is 0 Å². The van der Waals surface area contributed by atoms with E-state index in [4.69, 9.17) is 11.6 Å². The molecule has 0 radical (unpaired) electrons. The number of sulfonamides is 1. The number of rotatable bonds is 6. The molecule has 1 aromatic heterocycles. The summed E-state index contributed by atoms with van der Waals surface area (Å²) in [4.78, 5) is 12.9. The highest BCUT2D eigenvalue weighted by molar-refractivity contribution is 7.89. The Kier molecular flexibility index (Phi) is 6.07. The third kappa shape index (κ3) is 4.50. The van der Waals surface area contributed by atoms with E-state index in [1.54, 1.807) is 11.6 Å². The molecule has 1 heterocycles. The molecule has 0 atom stereocenters. The van der Waals surface area contributed by atoms with Gasteiger partial charge in [-0.2, -0.15) is 5.10 Å². The van der Waals surface area contributed by atoms with Crippen LogP contribution in [-0.2, 0) is 16.6 Å². The largest absolute Gasteiger partial charge is 0.322 e. The van der Waals surface area contributed by atoms with Gasteiger partial charge >= 0.3 is 0 Å². The maximum atomic E-state index is 12.7. The number of aromatic nitrogens is 2. The molecular weight excluding hydrogens is 412 g/mol. The van der Waals surface area contributed by atoms with Gasteiger partial charge in [-0.05, 0) is 36.8 Å². The van der Waals surface area contributed by atoms with Crippen LogP contribution in [-0.4, -0.2) is 42.5 Å². The normalized spacial score (nSPS) is 11.6. The van der Waals surface area contributed by atoms with Gasteiger partial charge in [0.2, 0.25) is 10.0 Å². The lowest BCUT2D eigenvalue weighted by Gasteiger charge is -2.12. The van der Waals surface area contributed by atoms with Gasteiger partial charge in [0.15, 0.2) is 0 Å². The Morgan fingerprint density at radius 3 is 2.31 bits per heavy atom. The van der Waals surface area contributed by atoms with Gasteiger partial charge in [0.05, 0.1) is 22.7 Å². The van der Waals surface area contributed by atoms with Crippen LogP contribution >= 0.6 is 11.6 Å². The molecule has 0 aliphatic rings. The second-order valence-corrected chi connectivity index (χ2v) is 9.17. The van der Waals surface area contributed by atoms with E-state index in [0.717, 1.165) is 9.87 Å². The molecule has 9 heteroatoms. The number of anilines is 1. The minimum atomic E-state index is -3.53. The Morgan fingerprint density at radius 1 is 1.10 bits per heavy atom. The zero-order valence-corrected chi connectivity index (χ0v) is 17.8. The highest BCUT2D eigenvalue weighted by Gasteiger charge is 2.21. The lowest BCUT2D eigenvalue weighted by Crippen LogP contribution is -2.22. The summed E-state index contributed by atoms with van der Waals surface area (Å²) < 4.78 is 27.0. The van der Waals surface area contributed by atoms with Gasteiger partial charge in [-0.25, -0.2) is 17.4 Å². The van der Waals surface area contributed by atoms with E-state index < -0.39 is 15.9 Å². The Hall–Kier alpha value is -2.68. The van der Waals surface area contributed by atoms with Crippen LogP contribution in [0.15, 0.2) is 59.5 Å². The molecular formula is C20H21ClN4O3S. The smallest absolute Gasteiger partial charge is 0.260 e. The summed E-state index contributed by atoms with van der Waals surface area (Å²) in [5, 5.41) is 7.36. The number of carbonyl (C=O) groups is 1. The third-order valence-corrected chi connectivity index (χ3v) is 6.57. The van der Waals surface area contributed by atoms with Gasteiger partial charge in [0.25, 0.3) is 5.91 Å². The van der Waals surface area contributed by atoms with Crippen molar-refractivity contribution in [1.29, 1.82) is 0 Å².